The summed E-state index contributed by atoms with van der Waals surface area (Å²) in [5, 5.41) is 12.1. The van der Waals surface area contributed by atoms with Crippen LogP contribution in [0.2, 0.25) is 0 Å². The lowest BCUT2D eigenvalue weighted by molar-refractivity contribution is 0.0948. The van der Waals surface area contributed by atoms with Gasteiger partial charge in [-0.2, -0.15) is 0 Å². The number of amides is 1. The number of benzene rings is 1. The summed E-state index contributed by atoms with van der Waals surface area (Å²) in [7, 11) is 1.92. The molecule has 4 aromatic rings. The highest BCUT2D eigenvalue weighted by Gasteiger charge is 2.16. The van der Waals surface area contributed by atoms with Crippen molar-refractivity contribution < 1.29 is 4.79 Å². The molecule has 9 heteroatoms. The minimum Gasteiger partial charge on any atom is -0.345 e. The summed E-state index contributed by atoms with van der Waals surface area (Å²) in [6.45, 7) is 1.18. The Morgan fingerprint density at radius 3 is 2.71 bits per heavy atom. The van der Waals surface area contributed by atoms with Crippen LogP contribution in [0.1, 0.15) is 10.6 Å². The highest BCUT2D eigenvalue weighted by Crippen LogP contribution is 2.28. The fraction of sp³-hybridized carbons (Fsp3) is 0.158. The molecule has 28 heavy (non-hydrogen) atoms. The van der Waals surface area contributed by atoms with Gasteiger partial charge in [0.15, 0.2) is 0 Å². The zero-order valence-electron chi connectivity index (χ0n) is 15.2. The van der Waals surface area contributed by atoms with E-state index in [4.69, 9.17) is 0 Å². The van der Waals surface area contributed by atoms with E-state index in [2.05, 4.69) is 35.9 Å². The van der Waals surface area contributed by atoms with Crippen LogP contribution in [0.4, 0.5) is 0 Å². The van der Waals surface area contributed by atoms with Gasteiger partial charge in [-0.3, -0.25) is 14.9 Å². The van der Waals surface area contributed by atoms with Gasteiger partial charge < -0.3 is 15.4 Å². The van der Waals surface area contributed by atoms with Crippen molar-refractivity contribution in [2.75, 3.05) is 20.1 Å². The SMILES string of the molecule is CN1C=C(CNC(=O)c2nc3cc4[nH][nH]c(-c5ccncc5)c4cc3n2)CN1. The highest BCUT2D eigenvalue weighted by molar-refractivity contribution is 6.02. The molecule has 4 heterocycles. The number of H-pyrrole nitrogens is 2. The minimum atomic E-state index is -0.281. The molecule has 0 fully saturated rings. The standard InChI is InChI=1S/C19H18N8O/c1-27-10-11(9-22-27)8-21-19(28)18-23-15-6-13-14(7-16(15)24-18)25-26-17(13)12-2-4-20-5-3-12/h2-7,10,22,25-26H,8-9H2,1H3,(H,21,28). The maximum Gasteiger partial charge on any atom is 0.289 e. The van der Waals surface area contributed by atoms with Gasteiger partial charge in [-0.25, -0.2) is 15.4 Å². The van der Waals surface area contributed by atoms with Crippen molar-refractivity contribution in [1.82, 2.24) is 40.9 Å². The third-order valence-corrected chi connectivity index (χ3v) is 4.74. The zero-order chi connectivity index (χ0) is 19.1. The van der Waals surface area contributed by atoms with Gasteiger partial charge in [0.2, 0.25) is 5.82 Å². The van der Waals surface area contributed by atoms with Crippen LogP contribution in [0.15, 0.2) is 48.4 Å². The van der Waals surface area contributed by atoms with Crippen LogP contribution in [0.25, 0.3) is 33.2 Å². The van der Waals surface area contributed by atoms with E-state index in [1.54, 1.807) is 12.4 Å². The van der Waals surface area contributed by atoms with E-state index in [0.717, 1.165) is 34.3 Å². The second-order valence-corrected chi connectivity index (χ2v) is 6.71. The van der Waals surface area contributed by atoms with Crippen molar-refractivity contribution in [2.45, 2.75) is 0 Å². The van der Waals surface area contributed by atoms with E-state index < -0.39 is 0 Å². The monoisotopic (exact) mass is 374 g/mol. The van der Waals surface area contributed by atoms with Crippen molar-refractivity contribution in [3.05, 3.63) is 54.3 Å². The normalized spacial score (nSPS) is 14.0. The maximum absolute atomic E-state index is 12.5. The molecule has 140 valence electrons. The lowest BCUT2D eigenvalue weighted by Crippen LogP contribution is -2.28. The molecule has 5 rings (SSSR count). The van der Waals surface area contributed by atoms with Crippen molar-refractivity contribution in [3.8, 4) is 11.3 Å². The smallest absolute Gasteiger partial charge is 0.289 e. The zero-order valence-corrected chi connectivity index (χ0v) is 15.2. The molecule has 0 radical (unpaired) electrons. The molecule has 3 aromatic heterocycles. The number of imidazole rings is 1. The molecule has 4 N–H and O–H groups in total. The van der Waals surface area contributed by atoms with Gasteiger partial charge in [0.25, 0.3) is 5.91 Å². The van der Waals surface area contributed by atoms with Gasteiger partial charge in [0.1, 0.15) is 0 Å². The average molecular weight is 374 g/mol. The Kier molecular flexibility index (Phi) is 3.80. The Morgan fingerprint density at radius 1 is 1.18 bits per heavy atom. The van der Waals surface area contributed by atoms with Crippen LogP contribution in [0.3, 0.4) is 0 Å². The first kappa shape index (κ1) is 16.5. The summed E-state index contributed by atoms with van der Waals surface area (Å²) in [4.78, 5) is 25.3. The molecule has 1 aliphatic heterocycles. The second-order valence-electron chi connectivity index (χ2n) is 6.71. The van der Waals surface area contributed by atoms with Crippen LogP contribution in [-0.2, 0) is 0 Å². The van der Waals surface area contributed by atoms with Gasteiger partial charge in [0, 0.05) is 49.7 Å². The summed E-state index contributed by atoms with van der Waals surface area (Å²) >= 11 is 0. The summed E-state index contributed by atoms with van der Waals surface area (Å²) in [5.41, 5.74) is 8.45. The molecule has 0 spiro atoms. The fourth-order valence-corrected chi connectivity index (χ4v) is 3.34. The minimum absolute atomic E-state index is 0.178. The number of hydrogen-bond acceptors (Lipinski definition) is 6. The summed E-state index contributed by atoms with van der Waals surface area (Å²) < 4.78 is 0. The number of aromatic nitrogens is 5. The number of nitrogens with one attached hydrogen (secondary N) is 4. The number of fused-ring (bicyclic) bond motifs is 2. The number of nitrogens with zero attached hydrogens (tertiary/aromatic N) is 4. The lowest BCUT2D eigenvalue weighted by atomic mass is 10.1. The summed E-state index contributed by atoms with van der Waals surface area (Å²) in [6.07, 6.45) is 5.46. The van der Waals surface area contributed by atoms with Crippen LogP contribution in [-0.4, -0.2) is 56.2 Å². The number of hydrazine groups is 1. The van der Waals surface area contributed by atoms with Crippen LogP contribution in [0, 0.1) is 0 Å². The number of rotatable bonds is 4. The number of hydrogen-bond donors (Lipinski definition) is 4. The Balaban J connectivity index is 1.44. The Morgan fingerprint density at radius 2 is 1.96 bits per heavy atom. The van der Waals surface area contributed by atoms with E-state index in [1.165, 1.54) is 0 Å². The first-order valence-electron chi connectivity index (χ1n) is 8.90. The molecule has 0 atom stereocenters. The third-order valence-electron chi connectivity index (χ3n) is 4.74. The molecular weight excluding hydrogens is 356 g/mol. The Bertz CT molecular complexity index is 1210. The van der Waals surface area contributed by atoms with Crippen LogP contribution in [0.5, 0.6) is 0 Å². The van der Waals surface area contributed by atoms with Crippen LogP contribution < -0.4 is 10.7 Å². The third kappa shape index (κ3) is 2.87. The molecule has 0 unspecified atom stereocenters. The number of pyridine rings is 1. The summed E-state index contributed by atoms with van der Waals surface area (Å²) in [5.74, 6) is -0.103. The van der Waals surface area contributed by atoms with Gasteiger partial charge in [0.05, 0.1) is 22.2 Å². The molecule has 0 saturated carbocycles. The average Bonchev–Trinajstić information content (AvgIpc) is 3.42. The topological polar surface area (TPSA) is 115 Å². The number of carbonyl (C=O) groups excluding carboxylic acids is 1. The van der Waals surface area contributed by atoms with E-state index in [0.29, 0.717) is 17.6 Å². The van der Waals surface area contributed by atoms with Crippen molar-refractivity contribution in [3.63, 3.8) is 0 Å². The van der Waals surface area contributed by atoms with Gasteiger partial charge in [-0.1, -0.05) is 0 Å². The first-order chi connectivity index (χ1) is 13.7. The van der Waals surface area contributed by atoms with Gasteiger partial charge >= 0.3 is 0 Å². The quantitative estimate of drug-likeness (QED) is 0.431. The largest absolute Gasteiger partial charge is 0.345 e. The Hall–Kier alpha value is -3.72. The Labute approximate surface area is 159 Å². The van der Waals surface area contributed by atoms with E-state index in [-0.39, 0.29) is 11.7 Å². The second kappa shape index (κ2) is 6.46. The molecule has 1 amide bonds. The molecule has 0 bridgehead atoms. The van der Waals surface area contributed by atoms with Gasteiger partial charge in [-0.15, -0.1) is 0 Å². The highest BCUT2D eigenvalue weighted by atomic mass is 16.2. The fourth-order valence-electron chi connectivity index (χ4n) is 3.34. The van der Waals surface area contributed by atoms with E-state index in [9.17, 15) is 4.79 Å². The molecule has 1 aliphatic rings. The van der Waals surface area contributed by atoms with E-state index in [1.807, 2.05) is 42.5 Å². The molecular formula is C19H18N8O. The molecule has 0 aliphatic carbocycles. The van der Waals surface area contributed by atoms with Gasteiger partial charge in [-0.05, 0) is 29.8 Å². The molecule has 1 aromatic carbocycles. The molecule has 0 saturated heterocycles. The number of aromatic amines is 2. The molecule has 9 nitrogen and oxygen atoms in total. The number of carbonyl (C=O) groups is 1. The van der Waals surface area contributed by atoms with E-state index >= 15 is 0 Å². The van der Waals surface area contributed by atoms with Crippen molar-refractivity contribution in [2.24, 2.45) is 0 Å². The summed E-state index contributed by atoms with van der Waals surface area (Å²) in [6, 6.07) is 7.70. The van der Waals surface area contributed by atoms with Crippen molar-refractivity contribution >= 4 is 27.8 Å². The maximum atomic E-state index is 12.5. The lowest BCUT2D eigenvalue weighted by Gasteiger charge is -2.04. The predicted molar refractivity (Wildman–Crippen MR) is 105 cm³/mol. The first-order valence-corrected chi connectivity index (χ1v) is 8.90. The predicted octanol–water partition coefficient (Wildman–Crippen LogP) is 1.56. The van der Waals surface area contributed by atoms with Crippen LogP contribution >= 0.6 is 0 Å². The van der Waals surface area contributed by atoms with Crippen molar-refractivity contribution in [1.29, 1.82) is 0 Å².